The first kappa shape index (κ1) is 12.9. The second-order valence-corrected chi connectivity index (χ2v) is 4.03. The summed E-state index contributed by atoms with van der Waals surface area (Å²) in [5, 5.41) is 12.4. The zero-order chi connectivity index (χ0) is 13.5. The highest BCUT2D eigenvalue weighted by Crippen LogP contribution is 2.27. The number of methoxy groups -OCH3 is 1. The molecule has 1 aromatic carbocycles. The largest absolute Gasteiger partial charge is 0.495 e. The molecular weight excluding hydrogens is 238 g/mol. The zero-order valence-electron chi connectivity index (χ0n) is 10.8. The summed E-state index contributed by atoms with van der Waals surface area (Å²) < 4.78 is 5.26. The maximum Gasteiger partial charge on any atom is 0.143 e. The number of nitriles is 1. The third kappa shape index (κ3) is 3.23. The predicted molar refractivity (Wildman–Crippen MR) is 74.1 cm³/mol. The minimum absolute atomic E-state index is 0.588. The van der Waals surface area contributed by atoms with E-state index in [4.69, 9.17) is 10.00 Å². The van der Waals surface area contributed by atoms with Crippen LogP contribution in [0.3, 0.4) is 0 Å². The van der Waals surface area contributed by atoms with Crippen molar-refractivity contribution in [3.8, 4) is 11.8 Å². The molecule has 2 rings (SSSR count). The molecule has 0 aliphatic carbocycles. The SMILES string of the molecule is COc1cccc(C#N)c1NCCc1cccnc1. The molecule has 1 N–H and O–H groups in total. The van der Waals surface area contributed by atoms with Gasteiger partial charge in [-0.1, -0.05) is 12.1 Å². The summed E-state index contributed by atoms with van der Waals surface area (Å²) in [6.45, 7) is 0.723. The molecule has 19 heavy (non-hydrogen) atoms. The van der Waals surface area contributed by atoms with E-state index < -0.39 is 0 Å². The van der Waals surface area contributed by atoms with E-state index in [0.717, 1.165) is 24.2 Å². The van der Waals surface area contributed by atoms with Crippen LogP contribution in [0.25, 0.3) is 0 Å². The van der Waals surface area contributed by atoms with Crippen molar-refractivity contribution in [1.29, 1.82) is 5.26 Å². The fourth-order valence-electron chi connectivity index (χ4n) is 1.85. The van der Waals surface area contributed by atoms with Crippen molar-refractivity contribution in [2.75, 3.05) is 19.0 Å². The molecule has 0 spiro atoms. The Labute approximate surface area is 112 Å². The highest BCUT2D eigenvalue weighted by atomic mass is 16.5. The average Bonchev–Trinajstić information content (AvgIpc) is 2.48. The third-order valence-electron chi connectivity index (χ3n) is 2.80. The molecule has 0 atom stereocenters. The van der Waals surface area contributed by atoms with Crippen LogP contribution in [0.1, 0.15) is 11.1 Å². The highest BCUT2D eigenvalue weighted by Gasteiger charge is 2.07. The Morgan fingerprint density at radius 2 is 2.21 bits per heavy atom. The third-order valence-corrected chi connectivity index (χ3v) is 2.80. The van der Waals surface area contributed by atoms with Gasteiger partial charge in [-0.2, -0.15) is 5.26 Å². The molecule has 0 radical (unpaired) electrons. The number of hydrogen-bond acceptors (Lipinski definition) is 4. The Morgan fingerprint density at radius 1 is 1.32 bits per heavy atom. The van der Waals surface area contributed by atoms with Gasteiger partial charge in [0.2, 0.25) is 0 Å². The molecule has 4 heteroatoms. The van der Waals surface area contributed by atoms with E-state index in [-0.39, 0.29) is 0 Å². The lowest BCUT2D eigenvalue weighted by atomic mass is 10.1. The van der Waals surface area contributed by atoms with Crippen molar-refractivity contribution < 1.29 is 4.74 Å². The molecule has 96 valence electrons. The second kappa shape index (κ2) is 6.41. The summed E-state index contributed by atoms with van der Waals surface area (Å²) in [6.07, 6.45) is 4.44. The number of benzene rings is 1. The summed E-state index contributed by atoms with van der Waals surface area (Å²) in [6, 6.07) is 11.5. The lowest BCUT2D eigenvalue weighted by Gasteiger charge is -2.12. The topological polar surface area (TPSA) is 57.9 Å². The number of aromatic nitrogens is 1. The number of ether oxygens (including phenoxy) is 1. The molecule has 1 aromatic heterocycles. The van der Waals surface area contributed by atoms with E-state index >= 15 is 0 Å². The summed E-state index contributed by atoms with van der Waals surface area (Å²) in [7, 11) is 1.60. The maximum atomic E-state index is 9.10. The first-order valence-corrected chi connectivity index (χ1v) is 6.05. The van der Waals surface area contributed by atoms with E-state index in [2.05, 4.69) is 16.4 Å². The molecule has 4 nitrogen and oxygen atoms in total. The maximum absolute atomic E-state index is 9.10. The number of hydrogen-bond donors (Lipinski definition) is 1. The van der Waals surface area contributed by atoms with E-state index in [0.29, 0.717) is 11.3 Å². The van der Waals surface area contributed by atoms with Crippen molar-refractivity contribution >= 4 is 5.69 Å². The molecule has 0 saturated heterocycles. The van der Waals surface area contributed by atoms with Crippen LogP contribution < -0.4 is 10.1 Å². The molecule has 0 amide bonds. The van der Waals surface area contributed by atoms with Crippen molar-refractivity contribution in [3.05, 3.63) is 53.9 Å². The van der Waals surface area contributed by atoms with Crippen LogP contribution >= 0.6 is 0 Å². The Kier molecular flexibility index (Phi) is 4.35. The van der Waals surface area contributed by atoms with Gasteiger partial charge in [-0.25, -0.2) is 0 Å². The summed E-state index contributed by atoms with van der Waals surface area (Å²) in [4.78, 5) is 4.07. The monoisotopic (exact) mass is 253 g/mol. The quantitative estimate of drug-likeness (QED) is 0.889. The fraction of sp³-hybridized carbons (Fsp3) is 0.200. The van der Waals surface area contributed by atoms with Crippen molar-refractivity contribution in [1.82, 2.24) is 4.98 Å². The number of para-hydroxylation sites is 1. The standard InChI is InChI=1S/C15H15N3O/c1-19-14-6-2-5-13(10-16)15(14)18-9-7-12-4-3-8-17-11-12/h2-6,8,11,18H,7,9H2,1H3. The van der Waals surface area contributed by atoms with E-state index in [1.807, 2.05) is 30.5 Å². The van der Waals surface area contributed by atoms with Crippen LogP contribution in [0.5, 0.6) is 5.75 Å². The Hall–Kier alpha value is -2.54. The van der Waals surface area contributed by atoms with Gasteiger partial charge in [-0.05, 0) is 30.2 Å². The molecular formula is C15H15N3O. The van der Waals surface area contributed by atoms with E-state index in [1.54, 1.807) is 19.4 Å². The molecule has 1 heterocycles. The number of anilines is 1. The molecule has 0 aliphatic heterocycles. The fourth-order valence-corrected chi connectivity index (χ4v) is 1.85. The van der Waals surface area contributed by atoms with Gasteiger partial charge in [0.1, 0.15) is 11.8 Å². The molecule has 0 fully saturated rings. The summed E-state index contributed by atoms with van der Waals surface area (Å²) in [5.74, 6) is 0.685. The molecule has 0 saturated carbocycles. The summed E-state index contributed by atoms with van der Waals surface area (Å²) >= 11 is 0. The van der Waals surface area contributed by atoms with Crippen LogP contribution in [0, 0.1) is 11.3 Å². The first-order valence-electron chi connectivity index (χ1n) is 6.05. The number of pyridine rings is 1. The van der Waals surface area contributed by atoms with Crippen molar-refractivity contribution in [3.63, 3.8) is 0 Å². The Balaban J connectivity index is 2.05. The van der Waals surface area contributed by atoms with E-state index in [9.17, 15) is 0 Å². The van der Waals surface area contributed by atoms with Gasteiger partial charge in [-0.15, -0.1) is 0 Å². The van der Waals surface area contributed by atoms with Crippen molar-refractivity contribution in [2.45, 2.75) is 6.42 Å². The molecule has 0 unspecified atom stereocenters. The second-order valence-electron chi connectivity index (χ2n) is 4.03. The molecule has 2 aromatic rings. The molecule has 0 aliphatic rings. The lowest BCUT2D eigenvalue weighted by Crippen LogP contribution is -2.07. The zero-order valence-corrected chi connectivity index (χ0v) is 10.8. The minimum Gasteiger partial charge on any atom is -0.495 e. The van der Waals surface area contributed by atoms with Gasteiger partial charge in [0.05, 0.1) is 18.4 Å². The number of nitrogens with one attached hydrogen (secondary N) is 1. The Bertz CT molecular complexity index is 576. The van der Waals surface area contributed by atoms with Crippen LogP contribution in [0.15, 0.2) is 42.7 Å². The number of rotatable bonds is 5. The van der Waals surface area contributed by atoms with Gasteiger partial charge in [0.15, 0.2) is 0 Å². The minimum atomic E-state index is 0.588. The van der Waals surface area contributed by atoms with Gasteiger partial charge >= 0.3 is 0 Å². The van der Waals surface area contributed by atoms with Gasteiger partial charge in [0, 0.05) is 18.9 Å². The van der Waals surface area contributed by atoms with Crippen LogP contribution in [0.2, 0.25) is 0 Å². The van der Waals surface area contributed by atoms with Gasteiger partial charge < -0.3 is 10.1 Å². The lowest BCUT2D eigenvalue weighted by molar-refractivity contribution is 0.416. The van der Waals surface area contributed by atoms with Crippen LogP contribution in [0.4, 0.5) is 5.69 Å². The van der Waals surface area contributed by atoms with Crippen LogP contribution in [-0.2, 0) is 6.42 Å². The normalized spacial score (nSPS) is 9.68. The smallest absolute Gasteiger partial charge is 0.143 e. The van der Waals surface area contributed by atoms with Crippen LogP contribution in [-0.4, -0.2) is 18.6 Å². The van der Waals surface area contributed by atoms with Crippen molar-refractivity contribution in [2.24, 2.45) is 0 Å². The van der Waals surface area contributed by atoms with Gasteiger partial charge in [0.25, 0.3) is 0 Å². The van der Waals surface area contributed by atoms with E-state index in [1.165, 1.54) is 0 Å². The molecule has 0 bridgehead atoms. The first-order chi connectivity index (χ1) is 9.35. The predicted octanol–water partition coefficient (Wildman–Crippen LogP) is 2.62. The number of nitrogens with zero attached hydrogens (tertiary/aromatic N) is 2. The Morgan fingerprint density at radius 3 is 2.89 bits per heavy atom. The highest BCUT2D eigenvalue weighted by molar-refractivity contribution is 5.66. The van der Waals surface area contributed by atoms with Gasteiger partial charge in [-0.3, -0.25) is 4.98 Å². The average molecular weight is 253 g/mol. The summed E-state index contributed by atoms with van der Waals surface area (Å²) in [5.41, 5.74) is 2.49.